The molecular weight excluding hydrogens is 381 g/mol. The Hall–Kier alpha value is 0.283. The molecule has 0 amide bonds. The van der Waals surface area contributed by atoms with Gasteiger partial charge in [0.15, 0.2) is 0 Å². The Morgan fingerprint density at radius 1 is 0.538 bits per heavy atom. The standard InChI is InChI=1S/C10H8.2BrH.Ru/c1-2-6-10-8-4-3-7-9(10)5-1;;;/h1-8H;2*1H;. The summed E-state index contributed by atoms with van der Waals surface area (Å²) < 4.78 is 0. The molecule has 0 aliphatic rings. The summed E-state index contributed by atoms with van der Waals surface area (Å²) in [6.07, 6.45) is 0. The molecule has 0 aliphatic heterocycles. The molecule has 3 heteroatoms. The molecule has 2 aromatic carbocycles. The largest absolute Gasteiger partial charge is 0.114 e. The molecule has 0 spiro atoms. The van der Waals surface area contributed by atoms with E-state index in [2.05, 4.69) is 48.5 Å². The van der Waals surface area contributed by atoms with Crippen molar-refractivity contribution >= 4 is 44.7 Å². The summed E-state index contributed by atoms with van der Waals surface area (Å²) in [7, 11) is 0. The van der Waals surface area contributed by atoms with Gasteiger partial charge in [0, 0.05) is 19.5 Å². The maximum absolute atomic E-state index is 2.12. The average molecular weight is 391 g/mol. The predicted molar refractivity (Wildman–Crippen MR) is 64.6 cm³/mol. The molecule has 0 atom stereocenters. The normalized spacial score (nSPS) is 7.69. The second-order valence-electron chi connectivity index (χ2n) is 2.35. The van der Waals surface area contributed by atoms with Gasteiger partial charge in [-0.2, -0.15) is 0 Å². The first-order valence-corrected chi connectivity index (χ1v) is 3.40. The number of hydrogen-bond acceptors (Lipinski definition) is 0. The van der Waals surface area contributed by atoms with Gasteiger partial charge < -0.3 is 0 Å². The van der Waals surface area contributed by atoms with Crippen molar-refractivity contribution in [3.63, 3.8) is 0 Å². The van der Waals surface area contributed by atoms with Gasteiger partial charge in [-0.1, -0.05) is 48.5 Å². The Kier molecular flexibility index (Phi) is 9.28. The van der Waals surface area contributed by atoms with E-state index in [1.807, 2.05) is 0 Å². The Bertz CT molecular complexity index is 284. The van der Waals surface area contributed by atoms with E-state index in [9.17, 15) is 0 Å². The summed E-state index contributed by atoms with van der Waals surface area (Å²) in [5, 5.41) is 2.62. The molecule has 0 fully saturated rings. The van der Waals surface area contributed by atoms with E-state index < -0.39 is 0 Å². The molecule has 0 N–H and O–H groups in total. The van der Waals surface area contributed by atoms with Gasteiger partial charge in [0.2, 0.25) is 0 Å². The van der Waals surface area contributed by atoms with Crippen LogP contribution in [0.1, 0.15) is 0 Å². The molecule has 2 aromatic rings. The van der Waals surface area contributed by atoms with Crippen molar-refractivity contribution in [1.82, 2.24) is 0 Å². The Balaban J connectivity index is 0. The van der Waals surface area contributed by atoms with Crippen LogP contribution in [0.2, 0.25) is 0 Å². The molecule has 0 radical (unpaired) electrons. The Morgan fingerprint density at radius 2 is 0.769 bits per heavy atom. The topological polar surface area (TPSA) is 0 Å². The van der Waals surface area contributed by atoms with Crippen molar-refractivity contribution in [3.8, 4) is 0 Å². The van der Waals surface area contributed by atoms with Gasteiger partial charge in [-0.25, -0.2) is 0 Å². The maximum Gasteiger partial charge on any atom is 0 e. The van der Waals surface area contributed by atoms with Crippen LogP contribution in [0.4, 0.5) is 0 Å². The molecular formula is C10H10Br2Ru. The predicted octanol–water partition coefficient (Wildman–Crippen LogP) is 3.99. The summed E-state index contributed by atoms with van der Waals surface area (Å²) in [5.41, 5.74) is 0. The average Bonchev–Trinajstić information content (AvgIpc) is 2.05. The van der Waals surface area contributed by atoms with E-state index >= 15 is 0 Å². The van der Waals surface area contributed by atoms with Crippen LogP contribution >= 0.6 is 34.0 Å². The van der Waals surface area contributed by atoms with Gasteiger partial charge in [-0.15, -0.1) is 34.0 Å². The van der Waals surface area contributed by atoms with Crippen LogP contribution in [0.3, 0.4) is 0 Å². The number of halogens is 2. The van der Waals surface area contributed by atoms with Gasteiger partial charge in [0.1, 0.15) is 0 Å². The number of benzene rings is 2. The summed E-state index contributed by atoms with van der Waals surface area (Å²) in [5.74, 6) is 0. The fourth-order valence-electron chi connectivity index (χ4n) is 1.13. The van der Waals surface area contributed by atoms with Crippen LogP contribution in [-0.2, 0) is 19.5 Å². The van der Waals surface area contributed by atoms with Crippen molar-refractivity contribution in [3.05, 3.63) is 48.5 Å². The van der Waals surface area contributed by atoms with Crippen LogP contribution in [-0.4, -0.2) is 0 Å². The number of fused-ring (bicyclic) bond motifs is 1. The summed E-state index contributed by atoms with van der Waals surface area (Å²) in [4.78, 5) is 0. The minimum atomic E-state index is 0. The third kappa shape index (κ3) is 3.89. The summed E-state index contributed by atoms with van der Waals surface area (Å²) >= 11 is 0. The van der Waals surface area contributed by atoms with Crippen molar-refractivity contribution < 1.29 is 19.5 Å². The molecule has 0 heterocycles. The zero-order chi connectivity index (χ0) is 6.81. The van der Waals surface area contributed by atoms with Crippen LogP contribution in [0.25, 0.3) is 10.8 Å². The van der Waals surface area contributed by atoms with E-state index in [1.165, 1.54) is 10.8 Å². The third-order valence-corrected chi connectivity index (χ3v) is 1.66. The van der Waals surface area contributed by atoms with Crippen LogP contribution < -0.4 is 0 Å². The van der Waals surface area contributed by atoms with Crippen molar-refractivity contribution in [2.24, 2.45) is 0 Å². The third-order valence-electron chi connectivity index (χ3n) is 1.66. The van der Waals surface area contributed by atoms with Gasteiger partial charge in [-0.3, -0.25) is 0 Å². The summed E-state index contributed by atoms with van der Waals surface area (Å²) in [6, 6.07) is 16.7. The second kappa shape index (κ2) is 7.67. The molecule has 13 heavy (non-hydrogen) atoms. The van der Waals surface area contributed by atoms with E-state index in [0.717, 1.165) is 0 Å². The zero-order valence-electron chi connectivity index (χ0n) is 6.79. The number of hydrogen-bond donors (Lipinski definition) is 0. The van der Waals surface area contributed by atoms with Crippen LogP contribution in [0.15, 0.2) is 48.5 Å². The fourth-order valence-corrected chi connectivity index (χ4v) is 1.13. The van der Waals surface area contributed by atoms with Crippen molar-refractivity contribution in [2.45, 2.75) is 0 Å². The van der Waals surface area contributed by atoms with Gasteiger partial charge >= 0.3 is 0 Å². The van der Waals surface area contributed by atoms with Crippen molar-refractivity contribution in [2.75, 3.05) is 0 Å². The maximum atomic E-state index is 2.12. The molecule has 0 nitrogen and oxygen atoms in total. The monoisotopic (exact) mass is 390 g/mol. The van der Waals surface area contributed by atoms with Gasteiger partial charge in [0.05, 0.1) is 0 Å². The molecule has 0 saturated heterocycles. The van der Waals surface area contributed by atoms with Gasteiger partial charge in [-0.05, 0) is 10.8 Å². The first kappa shape index (κ1) is 15.7. The van der Waals surface area contributed by atoms with Crippen molar-refractivity contribution in [1.29, 1.82) is 0 Å². The summed E-state index contributed by atoms with van der Waals surface area (Å²) in [6.45, 7) is 0. The fraction of sp³-hybridized carbons (Fsp3) is 0. The molecule has 2 rings (SSSR count). The van der Waals surface area contributed by atoms with Crippen LogP contribution in [0.5, 0.6) is 0 Å². The molecule has 0 saturated carbocycles. The quantitative estimate of drug-likeness (QED) is 0.596. The Labute approximate surface area is 112 Å². The van der Waals surface area contributed by atoms with Crippen LogP contribution in [0, 0.1) is 0 Å². The smallest absolute Gasteiger partial charge is 0 e. The molecule has 0 unspecified atom stereocenters. The van der Waals surface area contributed by atoms with E-state index in [-0.39, 0.29) is 53.4 Å². The molecule has 0 aromatic heterocycles. The first-order valence-electron chi connectivity index (χ1n) is 3.40. The minimum Gasteiger partial charge on any atom is -0.114 e. The van der Waals surface area contributed by atoms with Gasteiger partial charge in [0.25, 0.3) is 0 Å². The molecule has 72 valence electrons. The second-order valence-corrected chi connectivity index (χ2v) is 2.35. The van der Waals surface area contributed by atoms with E-state index in [4.69, 9.17) is 0 Å². The van der Waals surface area contributed by atoms with E-state index in [1.54, 1.807) is 0 Å². The molecule has 0 aliphatic carbocycles. The SMILES string of the molecule is Br.Br.[Ru].c1ccc2ccccc2c1. The minimum absolute atomic E-state index is 0. The first-order chi connectivity index (χ1) is 4.97. The van der Waals surface area contributed by atoms with E-state index in [0.29, 0.717) is 0 Å². The molecule has 0 bridgehead atoms. The Morgan fingerprint density at radius 3 is 1.00 bits per heavy atom. The number of rotatable bonds is 0. The zero-order valence-corrected chi connectivity index (χ0v) is 12.0.